The fourth-order valence-electron chi connectivity index (χ4n) is 4.12. The summed E-state index contributed by atoms with van der Waals surface area (Å²) in [5.74, 6) is 0.332. The fraction of sp³-hybridized carbons (Fsp3) is 0.147. The lowest BCUT2D eigenvalue weighted by atomic mass is 10.1. The number of carbonyl (C=O) groups is 3. The lowest BCUT2D eigenvalue weighted by Crippen LogP contribution is -2.30. The van der Waals surface area contributed by atoms with E-state index in [-0.39, 0.29) is 11.6 Å². The van der Waals surface area contributed by atoms with Gasteiger partial charge < -0.3 is 30.2 Å². The van der Waals surface area contributed by atoms with Crippen molar-refractivity contribution in [1.82, 2.24) is 5.32 Å². The second kappa shape index (κ2) is 15.7. The molecule has 45 heavy (non-hydrogen) atoms. The average molecular weight is 646 g/mol. The van der Waals surface area contributed by atoms with Crippen molar-refractivity contribution in [2.75, 3.05) is 32.0 Å². The normalized spacial score (nSPS) is 11.6. The third-order valence-corrected chi connectivity index (χ3v) is 7.83. The van der Waals surface area contributed by atoms with Crippen molar-refractivity contribution < 1.29 is 28.6 Å². The smallest absolute Gasteiger partial charge is 0.272 e. The third kappa shape index (κ3) is 9.04. The second-order valence-corrected chi connectivity index (χ2v) is 11.4. The van der Waals surface area contributed by atoms with Crippen molar-refractivity contribution in [3.8, 4) is 17.2 Å². The van der Waals surface area contributed by atoms with Crippen LogP contribution in [0.4, 0.5) is 11.4 Å². The van der Waals surface area contributed by atoms with Gasteiger partial charge in [-0.3, -0.25) is 14.4 Å². The van der Waals surface area contributed by atoms with E-state index in [1.165, 1.54) is 32.1 Å². The topological polar surface area (TPSA) is 115 Å². The van der Waals surface area contributed by atoms with Crippen LogP contribution in [0.3, 0.4) is 0 Å². The maximum absolute atomic E-state index is 13.5. The first-order chi connectivity index (χ1) is 21.7. The fourth-order valence-corrected chi connectivity index (χ4v) is 5.16. The first-order valence-corrected chi connectivity index (χ1v) is 15.0. The third-order valence-electron chi connectivity index (χ3n) is 6.48. The zero-order valence-electron chi connectivity index (χ0n) is 25.1. The zero-order valence-corrected chi connectivity index (χ0v) is 26.6. The Morgan fingerprint density at radius 3 is 2.18 bits per heavy atom. The summed E-state index contributed by atoms with van der Waals surface area (Å²) in [7, 11) is 4.57. The molecule has 0 fully saturated rings. The van der Waals surface area contributed by atoms with E-state index in [1.807, 2.05) is 0 Å². The van der Waals surface area contributed by atoms with E-state index in [4.69, 9.17) is 25.8 Å². The quantitative estimate of drug-likeness (QED) is 0.113. The predicted octanol–water partition coefficient (Wildman–Crippen LogP) is 6.89. The van der Waals surface area contributed by atoms with Gasteiger partial charge in [-0.25, -0.2) is 0 Å². The average Bonchev–Trinajstić information content (AvgIpc) is 3.05. The second-order valence-electron chi connectivity index (χ2n) is 9.56. The summed E-state index contributed by atoms with van der Waals surface area (Å²) in [6, 6.07) is 25.7. The number of carbonyl (C=O) groups excluding carboxylic acids is 3. The standard InChI is InChI=1S/C34H32ClN3O6S/c1-21(32(39)37-28-19-24(35)11-17-30(28)43-3)45-27-15-12-25(13-16-27)36-34(41)29(38-33(40)22-8-6-5-7-9-22)18-23-10-14-26(42-2)20-31(23)44-4/h5-21H,1-4H3,(H,36,41)(H,37,39)(H,38,40)/b29-18-. The minimum atomic E-state index is -0.541. The summed E-state index contributed by atoms with van der Waals surface area (Å²) in [4.78, 5) is 40.1. The molecular weight excluding hydrogens is 614 g/mol. The van der Waals surface area contributed by atoms with Crippen molar-refractivity contribution in [3.05, 3.63) is 113 Å². The van der Waals surface area contributed by atoms with E-state index in [0.717, 1.165) is 4.90 Å². The number of nitrogens with one attached hydrogen (secondary N) is 3. The molecular formula is C34H32ClN3O6S. The van der Waals surface area contributed by atoms with Gasteiger partial charge in [0.2, 0.25) is 5.91 Å². The summed E-state index contributed by atoms with van der Waals surface area (Å²) in [5.41, 5.74) is 1.94. The number of methoxy groups -OCH3 is 3. The Hall–Kier alpha value is -4.93. The Morgan fingerprint density at radius 1 is 0.800 bits per heavy atom. The van der Waals surface area contributed by atoms with E-state index in [9.17, 15) is 14.4 Å². The van der Waals surface area contributed by atoms with Crippen LogP contribution in [0.5, 0.6) is 17.2 Å². The van der Waals surface area contributed by atoms with Crippen LogP contribution >= 0.6 is 23.4 Å². The number of rotatable bonds is 12. The van der Waals surface area contributed by atoms with Gasteiger partial charge in [0, 0.05) is 32.8 Å². The molecule has 0 aliphatic heterocycles. The Labute approximate surface area is 270 Å². The van der Waals surface area contributed by atoms with Gasteiger partial charge in [0.05, 0.1) is 32.3 Å². The van der Waals surface area contributed by atoms with Crippen LogP contribution in [0.2, 0.25) is 5.02 Å². The summed E-state index contributed by atoms with van der Waals surface area (Å²) in [5, 5.41) is 8.43. The highest BCUT2D eigenvalue weighted by Crippen LogP contribution is 2.31. The number of benzene rings is 4. The van der Waals surface area contributed by atoms with Gasteiger partial charge in [0.15, 0.2) is 0 Å². The van der Waals surface area contributed by atoms with Crippen LogP contribution in [0, 0.1) is 0 Å². The van der Waals surface area contributed by atoms with E-state index in [1.54, 1.807) is 105 Å². The highest BCUT2D eigenvalue weighted by Gasteiger charge is 2.19. The molecule has 1 unspecified atom stereocenters. The molecule has 232 valence electrons. The lowest BCUT2D eigenvalue weighted by molar-refractivity contribution is -0.115. The van der Waals surface area contributed by atoms with Crippen LogP contribution in [0.15, 0.2) is 102 Å². The van der Waals surface area contributed by atoms with Crippen molar-refractivity contribution >= 4 is 58.5 Å². The largest absolute Gasteiger partial charge is 0.497 e. The highest BCUT2D eigenvalue weighted by molar-refractivity contribution is 8.00. The number of thioether (sulfide) groups is 1. The molecule has 0 aromatic heterocycles. The summed E-state index contributed by atoms with van der Waals surface area (Å²) >= 11 is 7.42. The molecule has 9 nitrogen and oxygen atoms in total. The highest BCUT2D eigenvalue weighted by atomic mass is 35.5. The van der Waals surface area contributed by atoms with Crippen LogP contribution in [0.25, 0.3) is 6.08 Å². The lowest BCUT2D eigenvalue weighted by Gasteiger charge is -2.15. The molecule has 0 saturated carbocycles. The van der Waals surface area contributed by atoms with Gasteiger partial charge >= 0.3 is 0 Å². The molecule has 4 aromatic carbocycles. The van der Waals surface area contributed by atoms with Gasteiger partial charge in [0.25, 0.3) is 11.8 Å². The molecule has 4 aromatic rings. The molecule has 11 heteroatoms. The van der Waals surface area contributed by atoms with Gasteiger partial charge in [-0.2, -0.15) is 0 Å². The summed E-state index contributed by atoms with van der Waals surface area (Å²) in [6.07, 6.45) is 1.54. The number of amides is 3. The molecule has 0 saturated heterocycles. The van der Waals surface area contributed by atoms with E-state index >= 15 is 0 Å². The van der Waals surface area contributed by atoms with E-state index < -0.39 is 17.1 Å². The number of hydrogen-bond acceptors (Lipinski definition) is 7. The molecule has 0 spiro atoms. The molecule has 3 amide bonds. The molecule has 1 atom stereocenters. The predicted molar refractivity (Wildman–Crippen MR) is 178 cm³/mol. The Bertz CT molecular complexity index is 1700. The van der Waals surface area contributed by atoms with Crippen molar-refractivity contribution in [2.45, 2.75) is 17.1 Å². The Kier molecular flexibility index (Phi) is 11.5. The first kappa shape index (κ1) is 33.0. The zero-order chi connectivity index (χ0) is 32.3. The van der Waals surface area contributed by atoms with Gasteiger partial charge in [-0.15, -0.1) is 11.8 Å². The molecule has 0 aliphatic carbocycles. The monoisotopic (exact) mass is 645 g/mol. The van der Waals surface area contributed by atoms with Crippen LogP contribution < -0.4 is 30.2 Å². The molecule has 3 N–H and O–H groups in total. The Balaban J connectivity index is 1.48. The van der Waals surface area contributed by atoms with Crippen molar-refractivity contribution in [3.63, 3.8) is 0 Å². The summed E-state index contributed by atoms with van der Waals surface area (Å²) in [6.45, 7) is 1.78. The van der Waals surface area contributed by atoms with Crippen LogP contribution in [-0.4, -0.2) is 44.3 Å². The number of ether oxygens (including phenoxy) is 3. The van der Waals surface area contributed by atoms with Crippen molar-refractivity contribution in [1.29, 1.82) is 0 Å². The molecule has 0 aliphatic rings. The van der Waals surface area contributed by atoms with Gasteiger partial charge in [-0.05, 0) is 79.7 Å². The van der Waals surface area contributed by atoms with Crippen LogP contribution in [0.1, 0.15) is 22.8 Å². The van der Waals surface area contributed by atoms with E-state index in [2.05, 4.69) is 16.0 Å². The number of halogens is 1. The van der Waals surface area contributed by atoms with E-state index in [0.29, 0.717) is 44.8 Å². The first-order valence-electron chi connectivity index (χ1n) is 13.7. The van der Waals surface area contributed by atoms with Gasteiger partial charge in [-0.1, -0.05) is 29.8 Å². The molecule has 0 heterocycles. The maximum atomic E-state index is 13.5. The molecule has 0 bridgehead atoms. The van der Waals surface area contributed by atoms with Gasteiger partial charge in [0.1, 0.15) is 22.9 Å². The minimum Gasteiger partial charge on any atom is -0.497 e. The van der Waals surface area contributed by atoms with Crippen LogP contribution in [-0.2, 0) is 9.59 Å². The molecule has 4 rings (SSSR count). The number of anilines is 2. The summed E-state index contributed by atoms with van der Waals surface area (Å²) < 4.78 is 16.1. The minimum absolute atomic E-state index is 0.00695. The molecule has 0 radical (unpaired) electrons. The van der Waals surface area contributed by atoms with Crippen molar-refractivity contribution in [2.24, 2.45) is 0 Å². The Morgan fingerprint density at radius 2 is 1.51 bits per heavy atom. The number of hydrogen-bond donors (Lipinski definition) is 3. The SMILES string of the molecule is COc1ccc(/C=C(\NC(=O)c2ccccc2)C(=O)Nc2ccc(SC(C)C(=O)Nc3cc(Cl)ccc3OC)cc2)c(OC)c1. The maximum Gasteiger partial charge on any atom is 0.272 e.